The van der Waals surface area contributed by atoms with Crippen LogP contribution in [0.25, 0.3) is 0 Å². The fourth-order valence-electron chi connectivity index (χ4n) is 3.74. The summed E-state index contributed by atoms with van der Waals surface area (Å²) in [6.45, 7) is 8.17. The van der Waals surface area contributed by atoms with E-state index in [-0.39, 0.29) is 53.6 Å². The fourth-order valence-corrected chi connectivity index (χ4v) is 3.74. The summed E-state index contributed by atoms with van der Waals surface area (Å²) in [5, 5.41) is 6.97. The smallest absolute Gasteiger partial charge is 0.225 e. The molecule has 2 aliphatic rings. The van der Waals surface area contributed by atoms with Gasteiger partial charge in [-0.2, -0.15) is 0 Å². The van der Waals surface area contributed by atoms with Gasteiger partial charge >= 0.3 is 0 Å². The zero-order valence-corrected chi connectivity index (χ0v) is 19.3. The van der Waals surface area contributed by atoms with Crippen LogP contribution in [-0.4, -0.2) is 48.5 Å². The molecule has 1 aromatic carbocycles. The Morgan fingerprint density at radius 2 is 1.93 bits per heavy atom. The van der Waals surface area contributed by atoms with E-state index in [2.05, 4.69) is 15.6 Å². The summed E-state index contributed by atoms with van der Waals surface area (Å²) in [7, 11) is 0. The maximum atomic E-state index is 14.0. The number of amides is 1. The Kier molecular flexibility index (Phi) is 8.52. The second-order valence-electron chi connectivity index (χ2n) is 7.84. The minimum atomic E-state index is -0.129. The van der Waals surface area contributed by atoms with Gasteiger partial charge in [0.05, 0.1) is 0 Å². The Morgan fingerprint density at radius 3 is 2.54 bits per heavy atom. The van der Waals surface area contributed by atoms with Gasteiger partial charge in [-0.1, -0.05) is 32.0 Å². The van der Waals surface area contributed by atoms with Crippen molar-refractivity contribution in [3.63, 3.8) is 0 Å². The van der Waals surface area contributed by atoms with E-state index in [0.717, 1.165) is 43.9 Å². The maximum Gasteiger partial charge on any atom is 0.225 e. The lowest BCUT2D eigenvalue weighted by molar-refractivity contribution is -0.135. The van der Waals surface area contributed by atoms with Gasteiger partial charge in [-0.15, -0.1) is 24.0 Å². The highest BCUT2D eigenvalue weighted by Gasteiger charge is 2.40. The second-order valence-corrected chi connectivity index (χ2v) is 7.84. The molecule has 3 rings (SSSR count). The van der Waals surface area contributed by atoms with Gasteiger partial charge < -0.3 is 15.5 Å². The van der Waals surface area contributed by atoms with Crippen LogP contribution in [0, 0.1) is 11.7 Å². The van der Waals surface area contributed by atoms with Crippen LogP contribution in [0.2, 0.25) is 0 Å². The monoisotopic (exact) mass is 502 g/mol. The summed E-state index contributed by atoms with van der Waals surface area (Å²) in [6.07, 6.45) is 2.77. The van der Waals surface area contributed by atoms with Crippen molar-refractivity contribution in [2.45, 2.75) is 58.0 Å². The summed E-state index contributed by atoms with van der Waals surface area (Å²) >= 11 is 0. The molecule has 7 heteroatoms. The number of nitrogens with one attached hydrogen (secondary N) is 2. The number of rotatable bonds is 5. The summed E-state index contributed by atoms with van der Waals surface area (Å²) in [4.78, 5) is 18.6. The third-order valence-corrected chi connectivity index (χ3v) is 5.37. The van der Waals surface area contributed by atoms with Gasteiger partial charge in [-0.05, 0) is 37.8 Å². The van der Waals surface area contributed by atoms with E-state index in [0.29, 0.717) is 12.6 Å². The highest BCUT2D eigenvalue weighted by Crippen LogP contribution is 2.41. The molecule has 28 heavy (non-hydrogen) atoms. The first kappa shape index (κ1) is 22.9. The Balaban J connectivity index is 0.00000280. The molecule has 156 valence electrons. The molecule has 0 spiro atoms. The highest BCUT2D eigenvalue weighted by molar-refractivity contribution is 14.0. The minimum Gasteiger partial charge on any atom is -0.354 e. The van der Waals surface area contributed by atoms with Gasteiger partial charge in [-0.25, -0.2) is 4.39 Å². The number of hydrogen-bond donors (Lipinski definition) is 2. The molecule has 1 amide bonds. The zero-order chi connectivity index (χ0) is 19.4. The van der Waals surface area contributed by atoms with Crippen molar-refractivity contribution in [3.05, 3.63) is 35.6 Å². The third-order valence-electron chi connectivity index (χ3n) is 5.37. The van der Waals surface area contributed by atoms with Crippen LogP contribution in [0.3, 0.4) is 0 Å². The Morgan fingerprint density at radius 1 is 1.25 bits per heavy atom. The lowest BCUT2D eigenvalue weighted by Crippen LogP contribution is -2.50. The predicted molar refractivity (Wildman–Crippen MR) is 122 cm³/mol. The van der Waals surface area contributed by atoms with E-state index in [9.17, 15) is 9.18 Å². The van der Waals surface area contributed by atoms with E-state index in [1.165, 1.54) is 6.07 Å². The van der Waals surface area contributed by atoms with Crippen molar-refractivity contribution < 1.29 is 9.18 Å². The second kappa shape index (κ2) is 10.4. The van der Waals surface area contributed by atoms with Gasteiger partial charge in [0, 0.05) is 43.6 Å². The number of guanidine groups is 1. The molecule has 1 saturated heterocycles. The highest BCUT2D eigenvalue weighted by atomic mass is 127. The molecule has 1 aromatic rings. The Bertz CT molecular complexity index is 689. The average Bonchev–Trinajstić information content (AvgIpc) is 3.41. The summed E-state index contributed by atoms with van der Waals surface area (Å²) < 4.78 is 14.0. The van der Waals surface area contributed by atoms with Crippen LogP contribution in [0.15, 0.2) is 29.3 Å². The first-order valence-corrected chi connectivity index (χ1v) is 10.1. The number of aliphatic imine (C=N–C) groups is 1. The molecular weight excluding hydrogens is 470 g/mol. The molecule has 5 nitrogen and oxygen atoms in total. The summed E-state index contributed by atoms with van der Waals surface area (Å²) in [5.41, 5.74) is 0.784. The molecule has 2 fully saturated rings. The van der Waals surface area contributed by atoms with Crippen LogP contribution in [0.1, 0.15) is 51.5 Å². The first-order valence-electron chi connectivity index (χ1n) is 10.1. The number of halogens is 2. The SMILES string of the molecule is CCN=C(NC1CCN(C(=O)C(C)C)CC1)NC1CC1c1ccccc1F.I. The van der Waals surface area contributed by atoms with Gasteiger partial charge in [0.15, 0.2) is 5.96 Å². The molecular formula is C21H32FIN4O. The maximum absolute atomic E-state index is 14.0. The van der Waals surface area contributed by atoms with Crippen LogP contribution >= 0.6 is 24.0 Å². The van der Waals surface area contributed by atoms with Gasteiger partial charge in [0.1, 0.15) is 5.82 Å². The largest absolute Gasteiger partial charge is 0.354 e. The molecule has 1 saturated carbocycles. The van der Waals surface area contributed by atoms with Crippen LogP contribution in [-0.2, 0) is 4.79 Å². The van der Waals surface area contributed by atoms with Gasteiger partial charge in [0.2, 0.25) is 5.91 Å². The van der Waals surface area contributed by atoms with Crippen molar-refractivity contribution in [1.82, 2.24) is 15.5 Å². The van der Waals surface area contributed by atoms with Crippen molar-refractivity contribution >= 4 is 35.8 Å². The minimum absolute atomic E-state index is 0. The van der Waals surface area contributed by atoms with E-state index < -0.39 is 0 Å². The summed E-state index contributed by atoms with van der Waals surface area (Å²) in [5.74, 6) is 1.17. The number of likely N-dealkylation sites (tertiary alicyclic amines) is 1. The predicted octanol–water partition coefficient (Wildman–Crippen LogP) is 3.50. The van der Waals surface area contributed by atoms with Crippen molar-refractivity contribution in [3.8, 4) is 0 Å². The van der Waals surface area contributed by atoms with Crippen LogP contribution < -0.4 is 10.6 Å². The summed E-state index contributed by atoms with van der Waals surface area (Å²) in [6, 6.07) is 7.54. The Labute approximate surface area is 184 Å². The molecule has 2 unspecified atom stereocenters. The molecule has 2 N–H and O–H groups in total. The molecule has 1 aliphatic carbocycles. The van der Waals surface area contributed by atoms with Crippen molar-refractivity contribution in [2.24, 2.45) is 10.9 Å². The van der Waals surface area contributed by atoms with Crippen LogP contribution in [0.5, 0.6) is 0 Å². The molecule has 0 radical (unpaired) electrons. The van der Waals surface area contributed by atoms with E-state index in [4.69, 9.17) is 0 Å². The van der Waals surface area contributed by atoms with Crippen LogP contribution in [0.4, 0.5) is 4.39 Å². The molecule has 0 aromatic heterocycles. The standard InChI is InChI=1S/C21H31FN4O.HI/c1-4-23-21(24-15-9-11-26(12-10-15)20(27)14(2)3)25-19-13-17(19)16-7-5-6-8-18(16)22;/h5-8,14-15,17,19H,4,9-13H2,1-3H3,(H2,23,24,25);1H. The molecule has 0 bridgehead atoms. The fraction of sp³-hybridized carbons (Fsp3) is 0.619. The number of carbonyl (C=O) groups is 1. The zero-order valence-electron chi connectivity index (χ0n) is 17.0. The molecule has 2 atom stereocenters. The Hall–Kier alpha value is -1.38. The van der Waals surface area contributed by atoms with Crippen molar-refractivity contribution in [2.75, 3.05) is 19.6 Å². The van der Waals surface area contributed by atoms with Gasteiger partial charge in [-0.3, -0.25) is 9.79 Å². The van der Waals surface area contributed by atoms with E-state index in [1.54, 1.807) is 6.07 Å². The first-order chi connectivity index (χ1) is 13.0. The number of hydrogen-bond acceptors (Lipinski definition) is 2. The average molecular weight is 502 g/mol. The lowest BCUT2D eigenvalue weighted by atomic mass is 10.0. The number of benzene rings is 1. The normalized spacial score (nSPS) is 22.6. The number of piperidine rings is 1. The topological polar surface area (TPSA) is 56.7 Å². The van der Waals surface area contributed by atoms with E-state index in [1.807, 2.05) is 37.8 Å². The molecule has 1 aliphatic heterocycles. The quantitative estimate of drug-likeness (QED) is 0.368. The van der Waals surface area contributed by atoms with Crippen molar-refractivity contribution in [1.29, 1.82) is 0 Å². The van der Waals surface area contributed by atoms with Gasteiger partial charge in [0.25, 0.3) is 0 Å². The number of carbonyl (C=O) groups excluding carboxylic acids is 1. The van der Waals surface area contributed by atoms with E-state index >= 15 is 0 Å². The number of nitrogens with zero attached hydrogens (tertiary/aromatic N) is 2. The molecule has 1 heterocycles. The third kappa shape index (κ3) is 5.81. The lowest BCUT2D eigenvalue weighted by Gasteiger charge is -2.34.